The van der Waals surface area contributed by atoms with Gasteiger partial charge in [-0.15, -0.1) is 0 Å². The van der Waals surface area contributed by atoms with Crippen molar-refractivity contribution in [3.05, 3.63) is 63.6 Å². The fourth-order valence-corrected chi connectivity index (χ4v) is 2.41. The normalized spacial score (nSPS) is 10.3. The fourth-order valence-electron chi connectivity index (χ4n) is 1.82. The standard InChI is InChI=1S/C16H13BrF2N2O2/c1-9-2-5-14(11(17)6-9)21-15(22)8-20-16(23)10-3-4-12(18)13(19)7-10/h2-7H,8H2,1H3,(H,20,23)(H,21,22). The van der Waals surface area contributed by atoms with E-state index in [-0.39, 0.29) is 12.1 Å². The number of carbonyl (C=O) groups excluding carboxylic acids is 2. The molecule has 0 aliphatic heterocycles. The van der Waals surface area contributed by atoms with Crippen LogP contribution in [0.15, 0.2) is 40.9 Å². The van der Waals surface area contributed by atoms with Gasteiger partial charge in [0.1, 0.15) is 0 Å². The predicted molar refractivity (Wildman–Crippen MR) is 86.2 cm³/mol. The Morgan fingerprint density at radius 3 is 2.48 bits per heavy atom. The van der Waals surface area contributed by atoms with E-state index in [0.29, 0.717) is 5.69 Å². The third-order valence-electron chi connectivity index (χ3n) is 2.99. The molecule has 4 nitrogen and oxygen atoms in total. The average molecular weight is 383 g/mol. The first-order chi connectivity index (χ1) is 10.9. The number of halogens is 3. The van der Waals surface area contributed by atoms with E-state index in [2.05, 4.69) is 26.6 Å². The largest absolute Gasteiger partial charge is 0.343 e. The Morgan fingerprint density at radius 2 is 1.83 bits per heavy atom. The quantitative estimate of drug-likeness (QED) is 0.851. The Hall–Kier alpha value is -2.28. The molecule has 23 heavy (non-hydrogen) atoms. The van der Waals surface area contributed by atoms with Gasteiger partial charge in [0.15, 0.2) is 11.6 Å². The predicted octanol–water partition coefficient (Wildman–Crippen LogP) is 3.40. The van der Waals surface area contributed by atoms with Gasteiger partial charge in [0, 0.05) is 10.0 Å². The number of hydrogen-bond acceptors (Lipinski definition) is 2. The Morgan fingerprint density at radius 1 is 1.09 bits per heavy atom. The molecule has 2 amide bonds. The van der Waals surface area contributed by atoms with E-state index in [4.69, 9.17) is 0 Å². The maximum atomic E-state index is 13.1. The summed E-state index contributed by atoms with van der Waals surface area (Å²) >= 11 is 3.33. The Bertz CT molecular complexity index is 766. The highest BCUT2D eigenvalue weighted by Crippen LogP contribution is 2.23. The zero-order valence-electron chi connectivity index (χ0n) is 12.1. The van der Waals surface area contributed by atoms with Crippen LogP contribution >= 0.6 is 15.9 Å². The van der Waals surface area contributed by atoms with Crippen LogP contribution < -0.4 is 10.6 Å². The van der Waals surface area contributed by atoms with Crippen LogP contribution in [0.3, 0.4) is 0 Å². The molecule has 0 radical (unpaired) electrons. The summed E-state index contributed by atoms with van der Waals surface area (Å²) in [5.74, 6) is -3.26. The summed E-state index contributed by atoms with van der Waals surface area (Å²) in [5.41, 5.74) is 1.54. The van der Waals surface area contributed by atoms with Crippen LogP contribution in [-0.2, 0) is 4.79 Å². The van der Waals surface area contributed by atoms with E-state index < -0.39 is 23.4 Å². The van der Waals surface area contributed by atoms with Gasteiger partial charge >= 0.3 is 0 Å². The lowest BCUT2D eigenvalue weighted by molar-refractivity contribution is -0.115. The van der Waals surface area contributed by atoms with E-state index in [1.165, 1.54) is 0 Å². The van der Waals surface area contributed by atoms with Gasteiger partial charge in [-0.1, -0.05) is 6.07 Å². The molecular formula is C16H13BrF2N2O2. The zero-order valence-corrected chi connectivity index (χ0v) is 13.7. The van der Waals surface area contributed by atoms with Gasteiger partial charge < -0.3 is 10.6 Å². The highest BCUT2D eigenvalue weighted by molar-refractivity contribution is 9.10. The summed E-state index contributed by atoms with van der Waals surface area (Å²) in [6.45, 7) is 1.62. The molecule has 120 valence electrons. The first kappa shape index (κ1) is 17.1. The highest BCUT2D eigenvalue weighted by atomic mass is 79.9. The average Bonchev–Trinajstić information content (AvgIpc) is 2.50. The van der Waals surface area contributed by atoms with Gasteiger partial charge in [0.2, 0.25) is 5.91 Å². The number of carbonyl (C=O) groups is 2. The zero-order chi connectivity index (χ0) is 17.0. The molecule has 0 unspecified atom stereocenters. The van der Waals surface area contributed by atoms with Crippen LogP contribution in [0.4, 0.5) is 14.5 Å². The number of amides is 2. The summed E-state index contributed by atoms with van der Waals surface area (Å²) in [6, 6.07) is 8.18. The minimum atomic E-state index is -1.12. The van der Waals surface area contributed by atoms with Crippen molar-refractivity contribution >= 4 is 33.4 Å². The van der Waals surface area contributed by atoms with Crippen molar-refractivity contribution < 1.29 is 18.4 Å². The molecule has 2 rings (SSSR count). The second-order valence-electron chi connectivity index (χ2n) is 4.84. The lowest BCUT2D eigenvalue weighted by atomic mass is 10.2. The lowest BCUT2D eigenvalue weighted by Gasteiger charge is -2.09. The summed E-state index contributed by atoms with van der Waals surface area (Å²) < 4.78 is 26.6. The highest BCUT2D eigenvalue weighted by Gasteiger charge is 2.12. The first-order valence-corrected chi connectivity index (χ1v) is 7.45. The smallest absolute Gasteiger partial charge is 0.251 e. The van der Waals surface area contributed by atoms with Crippen molar-refractivity contribution in [2.75, 3.05) is 11.9 Å². The second kappa shape index (κ2) is 7.32. The third kappa shape index (κ3) is 4.59. The van der Waals surface area contributed by atoms with Gasteiger partial charge in [-0.25, -0.2) is 8.78 Å². The molecule has 0 heterocycles. The minimum absolute atomic E-state index is 0.0618. The van der Waals surface area contributed by atoms with Crippen LogP contribution in [0.2, 0.25) is 0 Å². The van der Waals surface area contributed by atoms with Crippen LogP contribution in [0, 0.1) is 18.6 Å². The van der Waals surface area contributed by atoms with Gasteiger partial charge in [0.05, 0.1) is 12.2 Å². The van der Waals surface area contributed by atoms with E-state index in [0.717, 1.165) is 28.2 Å². The fraction of sp³-hybridized carbons (Fsp3) is 0.125. The van der Waals surface area contributed by atoms with Crippen molar-refractivity contribution in [2.45, 2.75) is 6.92 Å². The maximum absolute atomic E-state index is 13.1. The summed E-state index contributed by atoms with van der Waals surface area (Å²) in [7, 11) is 0. The molecule has 7 heteroatoms. The van der Waals surface area contributed by atoms with E-state index in [9.17, 15) is 18.4 Å². The Kier molecular flexibility index (Phi) is 5.44. The number of rotatable bonds is 4. The van der Waals surface area contributed by atoms with Crippen molar-refractivity contribution in [3.8, 4) is 0 Å². The Labute approximate surface area is 140 Å². The lowest BCUT2D eigenvalue weighted by Crippen LogP contribution is -2.33. The summed E-state index contributed by atoms with van der Waals surface area (Å²) in [4.78, 5) is 23.6. The van der Waals surface area contributed by atoms with Crippen molar-refractivity contribution in [2.24, 2.45) is 0 Å². The molecule has 0 aliphatic carbocycles. The van der Waals surface area contributed by atoms with Crippen LogP contribution in [-0.4, -0.2) is 18.4 Å². The van der Waals surface area contributed by atoms with E-state index in [1.807, 2.05) is 19.1 Å². The second-order valence-corrected chi connectivity index (χ2v) is 5.70. The Balaban J connectivity index is 1.93. The van der Waals surface area contributed by atoms with Gasteiger partial charge in [0.25, 0.3) is 5.91 Å². The maximum Gasteiger partial charge on any atom is 0.251 e. The number of benzene rings is 2. The molecule has 0 bridgehead atoms. The van der Waals surface area contributed by atoms with Gasteiger partial charge in [-0.05, 0) is 58.7 Å². The first-order valence-electron chi connectivity index (χ1n) is 6.66. The number of nitrogens with one attached hydrogen (secondary N) is 2. The molecule has 0 saturated carbocycles. The number of hydrogen-bond donors (Lipinski definition) is 2. The van der Waals surface area contributed by atoms with Crippen molar-refractivity contribution in [1.29, 1.82) is 0 Å². The molecule has 0 atom stereocenters. The third-order valence-corrected chi connectivity index (χ3v) is 3.65. The molecule has 0 spiro atoms. The van der Waals surface area contributed by atoms with Crippen molar-refractivity contribution in [3.63, 3.8) is 0 Å². The van der Waals surface area contributed by atoms with Gasteiger partial charge in [-0.2, -0.15) is 0 Å². The SMILES string of the molecule is Cc1ccc(NC(=O)CNC(=O)c2ccc(F)c(F)c2)c(Br)c1. The molecule has 2 N–H and O–H groups in total. The van der Waals surface area contributed by atoms with Crippen LogP contribution in [0.1, 0.15) is 15.9 Å². The monoisotopic (exact) mass is 382 g/mol. The van der Waals surface area contributed by atoms with Gasteiger partial charge in [-0.3, -0.25) is 9.59 Å². The molecule has 0 saturated heterocycles. The minimum Gasteiger partial charge on any atom is -0.343 e. The van der Waals surface area contributed by atoms with Crippen LogP contribution in [0.25, 0.3) is 0 Å². The molecule has 0 fully saturated rings. The molecule has 0 aliphatic rings. The molecular weight excluding hydrogens is 370 g/mol. The van der Waals surface area contributed by atoms with E-state index in [1.54, 1.807) is 6.07 Å². The topological polar surface area (TPSA) is 58.2 Å². The number of aryl methyl sites for hydroxylation is 1. The summed E-state index contributed by atoms with van der Waals surface area (Å²) in [5, 5.41) is 4.97. The number of anilines is 1. The molecule has 2 aromatic rings. The summed E-state index contributed by atoms with van der Waals surface area (Å²) in [6.07, 6.45) is 0. The molecule has 2 aromatic carbocycles. The van der Waals surface area contributed by atoms with Crippen LogP contribution in [0.5, 0.6) is 0 Å². The van der Waals surface area contributed by atoms with Crippen molar-refractivity contribution in [1.82, 2.24) is 5.32 Å². The van der Waals surface area contributed by atoms with E-state index >= 15 is 0 Å². The molecule has 0 aromatic heterocycles.